The van der Waals surface area contributed by atoms with E-state index < -0.39 is 33.3 Å². The molecular formula is C23H23N5O6S. The van der Waals surface area contributed by atoms with Gasteiger partial charge in [0.1, 0.15) is 27.6 Å². The standard InChI is InChI=1S/C23H23N5O6S/c1-12(20(24)30)34-14-6-7-16-17(11-14)35(32,33)27-21(26-16)18-19(29)15-3-2-9-25-22(15)28(23(18)31)10-8-13-4-5-13/h2-3,6-7,9,11-13,29H,4-5,8,10H2,1H3,(H2,24,30)(H,26,27). The second-order valence-electron chi connectivity index (χ2n) is 8.65. The van der Waals surface area contributed by atoms with Crippen LogP contribution in [0.4, 0.5) is 5.69 Å². The van der Waals surface area contributed by atoms with E-state index in [1.165, 1.54) is 35.9 Å². The van der Waals surface area contributed by atoms with Crippen LogP contribution in [0, 0.1) is 5.92 Å². The van der Waals surface area contributed by atoms with Crippen LogP contribution in [0.15, 0.2) is 50.6 Å². The lowest BCUT2D eigenvalue weighted by atomic mass is 10.1. The minimum atomic E-state index is -4.28. The number of nitrogens with two attached hydrogens (primary N) is 1. The van der Waals surface area contributed by atoms with Crippen LogP contribution < -0.4 is 21.3 Å². The van der Waals surface area contributed by atoms with Crippen LogP contribution in [0.3, 0.4) is 0 Å². The van der Waals surface area contributed by atoms with E-state index >= 15 is 0 Å². The van der Waals surface area contributed by atoms with Gasteiger partial charge in [-0.15, -0.1) is 4.40 Å². The second kappa shape index (κ2) is 8.38. The SMILES string of the molecule is CC(Oc1ccc2c(c1)S(=O)(=O)N=C(c1c(O)c3cccnc3n(CCC3CC3)c1=O)N2)C(N)=O. The molecule has 4 N–H and O–H groups in total. The average Bonchev–Trinajstić information content (AvgIpc) is 3.63. The molecule has 1 atom stereocenters. The van der Waals surface area contributed by atoms with E-state index in [9.17, 15) is 23.1 Å². The molecular weight excluding hydrogens is 474 g/mol. The van der Waals surface area contributed by atoms with Gasteiger partial charge >= 0.3 is 0 Å². The van der Waals surface area contributed by atoms with Gasteiger partial charge in [-0.1, -0.05) is 12.8 Å². The fraction of sp³-hybridized carbons (Fsp3) is 0.304. The van der Waals surface area contributed by atoms with Crippen molar-refractivity contribution in [1.29, 1.82) is 0 Å². The van der Waals surface area contributed by atoms with E-state index in [4.69, 9.17) is 10.5 Å². The third kappa shape index (κ3) is 4.20. The highest BCUT2D eigenvalue weighted by atomic mass is 32.2. The molecule has 1 fully saturated rings. The Hall–Kier alpha value is -3.93. The van der Waals surface area contributed by atoms with Crippen molar-refractivity contribution in [1.82, 2.24) is 9.55 Å². The second-order valence-corrected chi connectivity index (χ2v) is 10.2. The first-order valence-electron chi connectivity index (χ1n) is 11.1. The first-order valence-corrected chi connectivity index (χ1v) is 12.5. The summed E-state index contributed by atoms with van der Waals surface area (Å²) in [5, 5.41) is 14.1. The summed E-state index contributed by atoms with van der Waals surface area (Å²) in [5.74, 6) is -0.737. The van der Waals surface area contributed by atoms with Gasteiger partial charge in [0.15, 0.2) is 11.9 Å². The number of pyridine rings is 2. The number of hydrogen-bond donors (Lipinski definition) is 3. The Labute approximate surface area is 200 Å². The summed E-state index contributed by atoms with van der Waals surface area (Å²) in [6.45, 7) is 1.83. The number of amidine groups is 1. The van der Waals surface area contributed by atoms with E-state index in [1.54, 1.807) is 12.1 Å². The fourth-order valence-corrected chi connectivity index (χ4v) is 5.12. The minimum Gasteiger partial charge on any atom is -0.506 e. The van der Waals surface area contributed by atoms with Crippen molar-refractivity contribution in [2.75, 3.05) is 5.32 Å². The molecule has 3 heterocycles. The summed E-state index contributed by atoms with van der Waals surface area (Å²) in [6, 6.07) is 7.34. The van der Waals surface area contributed by atoms with Gasteiger partial charge in [-0.05, 0) is 43.5 Å². The quantitative estimate of drug-likeness (QED) is 0.444. The number of benzene rings is 1. The zero-order valence-corrected chi connectivity index (χ0v) is 19.6. The minimum absolute atomic E-state index is 0.112. The number of amides is 1. The zero-order valence-electron chi connectivity index (χ0n) is 18.8. The Kier molecular flexibility index (Phi) is 5.47. The summed E-state index contributed by atoms with van der Waals surface area (Å²) >= 11 is 0. The van der Waals surface area contributed by atoms with Gasteiger partial charge < -0.3 is 20.9 Å². The number of ether oxygens (including phenoxy) is 1. The monoisotopic (exact) mass is 497 g/mol. The molecule has 1 aliphatic carbocycles. The Bertz CT molecular complexity index is 1560. The predicted octanol–water partition coefficient (Wildman–Crippen LogP) is 1.72. The van der Waals surface area contributed by atoms with E-state index in [0.29, 0.717) is 23.5 Å². The van der Waals surface area contributed by atoms with Crippen LogP contribution in [-0.2, 0) is 21.4 Å². The highest BCUT2D eigenvalue weighted by Gasteiger charge is 2.31. The molecule has 2 aliphatic rings. The van der Waals surface area contributed by atoms with Crippen molar-refractivity contribution < 1.29 is 23.1 Å². The number of nitrogens with zero attached hydrogens (tertiary/aromatic N) is 3. The first kappa shape index (κ1) is 22.8. The van der Waals surface area contributed by atoms with Gasteiger partial charge in [0, 0.05) is 18.8 Å². The molecule has 1 aliphatic heterocycles. The maximum Gasteiger partial charge on any atom is 0.286 e. The first-order chi connectivity index (χ1) is 16.7. The van der Waals surface area contributed by atoms with Gasteiger partial charge in [0.25, 0.3) is 21.5 Å². The molecule has 1 aromatic carbocycles. The number of carbonyl (C=O) groups is 1. The fourth-order valence-electron chi connectivity index (χ4n) is 3.99. The number of aromatic nitrogens is 2. The average molecular weight is 498 g/mol. The number of aromatic hydroxyl groups is 1. The van der Waals surface area contributed by atoms with Crippen LogP contribution in [0.25, 0.3) is 11.0 Å². The number of hydrogen-bond acceptors (Lipinski definition) is 8. The third-order valence-corrected chi connectivity index (χ3v) is 7.41. The van der Waals surface area contributed by atoms with Gasteiger partial charge in [-0.3, -0.25) is 14.2 Å². The van der Waals surface area contributed by atoms with Crippen molar-refractivity contribution >= 4 is 38.5 Å². The van der Waals surface area contributed by atoms with Crippen LogP contribution in [0.1, 0.15) is 31.7 Å². The Morgan fingerprint density at radius 1 is 1.34 bits per heavy atom. The molecule has 3 aromatic rings. The molecule has 5 rings (SSSR count). The third-order valence-electron chi connectivity index (χ3n) is 6.10. The Balaban J connectivity index is 1.60. The highest BCUT2D eigenvalue weighted by Crippen LogP contribution is 2.35. The predicted molar refractivity (Wildman–Crippen MR) is 128 cm³/mol. The maximum absolute atomic E-state index is 13.5. The van der Waals surface area contributed by atoms with Crippen LogP contribution in [0.5, 0.6) is 11.5 Å². The molecule has 0 saturated heterocycles. The normalized spacial score (nSPS) is 17.2. The smallest absolute Gasteiger partial charge is 0.286 e. The molecule has 0 spiro atoms. The molecule has 35 heavy (non-hydrogen) atoms. The van der Waals surface area contributed by atoms with Gasteiger partial charge in [-0.2, -0.15) is 8.42 Å². The van der Waals surface area contributed by atoms with Crippen molar-refractivity contribution in [3.63, 3.8) is 0 Å². The Morgan fingerprint density at radius 3 is 2.83 bits per heavy atom. The van der Waals surface area contributed by atoms with Crippen molar-refractivity contribution in [3.05, 3.63) is 52.4 Å². The molecule has 2 aromatic heterocycles. The molecule has 1 saturated carbocycles. The number of aryl methyl sites for hydroxylation is 1. The number of nitrogens with one attached hydrogen (secondary N) is 1. The number of fused-ring (bicyclic) bond motifs is 2. The molecule has 1 amide bonds. The van der Waals surface area contributed by atoms with Crippen LogP contribution >= 0.6 is 0 Å². The molecule has 1 unspecified atom stereocenters. The van der Waals surface area contributed by atoms with Crippen molar-refractivity contribution in [2.24, 2.45) is 16.0 Å². The number of carbonyl (C=O) groups excluding carboxylic acids is 1. The molecule has 0 bridgehead atoms. The highest BCUT2D eigenvalue weighted by molar-refractivity contribution is 7.90. The number of primary amides is 1. The summed E-state index contributed by atoms with van der Waals surface area (Å²) < 4.78 is 36.7. The van der Waals surface area contributed by atoms with Crippen molar-refractivity contribution in [2.45, 2.75) is 43.7 Å². The van der Waals surface area contributed by atoms with Gasteiger partial charge in [0.2, 0.25) is 0 Å². The largest absolute Gasteiger partial charge is 0.506 e. The lowest BCUT2D eigenvalue weighted by Gasteiger charge is -2.21. The van der Waals surface area contributed by atoms with Gasteiger partial charge in [-0.25, -0.2) is 4.98 Å². The van der Waals surface area contributed by atoms with Gasteiger partial charge in [0.05, 0.1) is 11.1 Å². The molecule has 11 nitrogen and oxygen atoms in total. The van der Waals surface area contributed by atoms with E-state index in [0.717, 1.165) is 19.3 Å². The lowest BCUT2D eigenvalue weighted by Crippen LogP contribution is -2.33. The summed E-state index contributed by atoms with van der Waals surface area (Å²) in [4.78, 5) is 28.8. The molecule has 182 valence electrons. The lowest BCUT2D eigenvalue weighted by molar-refractivity contribution is -0.123. The summed E-state index contributed by atoms with van der Waals surface area (Å²) in [7, 11) is -4.28. The zero-order chi connectivity index (χ0) is 24.9. The van der Waals surface area contributed by atoms with E-state index in [-0.39, 0.29) is 27.7 Å². The Morgan fingerprint density at radius 2 is 2.11 bits per heavy atom. The van der Waals surface area contributed by atoms with E-state index in [1.807, 2.05) is 0 Å². The maximum atomic E-state index is 13.5. The van der Waals surface area contributed by atoms with Crippen LogP contribution in [-0.4, -0.2) is 40.9 Å². The van der Waals surface area contributed by atoms with Crippen molar-refractivity contribution in [3.8, 4) is 11.5 Å². The van der Waals surface area contributed by atoms with E-state index in [2.05, 4.69) is 14.7 Å². The number of anilines is 1. The number of rotatable bonds is 7. The summed E-state index contributed by atoms with van der Waals surface area (Å²) in [6.07, 6.45) is 3.56. The summed E-state index contributed by atoms with van der Waals surface area (Å²) in [5.41, 5.74) is 4.83. The number of sulfonamides is 1. The van der Waals surface area contributed by atoms with Crippen LogP contribution in [0.2, 0.25) is 0 Å². The molecule has 12 heteroatoms. The molecule has 0 radical (unpaired) electrons. The topological polar surface area (TPSA) is 166 Å².